The van der Waals surface area contributed by atoms with Crippen LogP contribution in [-0.2, 0) is 4.79 Å². The van der Waals surface area contributed by atoms with Crippen LogP contribution in [0.4, 0.5) is 0 Å². The van der Waals surface area contributed by atoms with Crippen LogP contribution in [0.15, 0.2) is 0 Å². The molecule has 0 spiro atoms. The third kappa shape index (κ3) is 3.14. The van der Waals surface area contributed by atoms with Gasteiger partial charge in [0.15, 0.2) is 0 Å². The van der Waals surface area contributed by atoms with Crippen molar-refractivity contribution in [3.63, 3.8) is 0 Å². The van der Waals surface area contributed by atoms with Crippen molar-refractivity contribution >= 4 is 17.5 Å². The molecule has 3 nitrogen and oxygen atoms in total. The van der Waals surface area contributed by atoms with Gasteiger partial charge in [-0.25, -0.2) is 0 Å². The highest BCUT2D eigenvalue weighted by Gasteiger charge is 2.24. The molecule has 1 amide bonds. The third-order valence-corrected chi connectivity index (χ3v) is 3.07. The van der Waals surface area contributed by atoms with E-state index in [1.807, 2.05) is 11.8 Å². The zero-order chi connectivity index (χ0) is 10.6. The first kappa shape index (κ1) is 11.8. The van der Waals surface area contributed by atoms with Gasteiger partial charge in [-0.3, -0.25) is 4.79 Å². The predicted octanol–water partition coefficient (Wildman–Crippen LogP) is 1.23. The highest BCUT2D eigenvalue weighted by atomic mass is 35.5. The van der Waals surface area contributed by atoms with Gasteiger partial charge >= 0.3 is 0 Å². The summed E-state index contributed by atoms with van der Waals surface area (Å²) >= 11 is 5.51. The number of piperidine rings is 1. The van der Waals surface area contributed by atoms with Gasteiger partial charge in [-0.1, -0.05) is 0 Å². The van der Waals surface area contributed by atoms with Crippen LogP contribution >= 0.6 is 11.6 Å². The molecular weight excluding hydrogens is 202 g/mol. The van der Waals surface area contributed by atoms with Gasteiger partial charge in [0.2, 0.25) is 5.91 Å². The molecule has 0 saturated carbocycles. The molecule has 0 bridgehead atoms. The summed E-state index contributed by atoms with van der Waals surface area (Å²) in [6, 6.07) is 0. The average Bonchev–Trinajstić information content (AvgIpc) is 2.18. The van der Waals surface area contributed by atoms with Crippen molar-refractivity contribution in [2.24, 2.45) is 5.92 Å². The van der Waals surface area contributed by atoms with Crippen LogP contribution in [0.25, 0.3) is 0 Å². The van der Waals surface area contributed by atoms with Crippen LogP contribution in [-0.4, -0.2) is 41.0 Å². The van der Waals surface area contributed by atoms with Crippen molar-refractivity contribution in [1.29, 1.82) is 0 Å². The maximum atomic E-state index is 11.5. The lowest BCUT2D eigenvalue weighted by Gasteiger charge is -2.33. The fourth-order valence-electron chi connectivity index (χ4n) is 1.87. The van der Waals surface area contributed by atoms with E-state index in [9.17, 15) is 9.90 Å². The van der Waals surface area contributed by atoms with E-state index in [1.54, 1.807) is 0 Å². The first-order valence-corrected chi connectivity index (χ1v) is 5.70. The number of likely N-dealkylation sites (tertiary alicyclic amines) is 1. The molecule has 1 heterocycles. The highest BCUT2D eigenvalue weighted by molar-refractivity contribution is 6.18. The van der Waals surface area contributed by atoms with Crippen molar-refractivity contribution in [3.8, 4) is 0 Å². The second kappa shape index (κ2) is 5.56. The standard InChI is InChI=1S/C10H18ClNO2/c1-8(13)9-3-6-12(7-4-9)10(14)2-5-11/h8-9,13H,2-7H2,1H3. The lowest BCUT2D eigenvalue weighted by Crippen LogP contribution is -2.40. The van der Waals surface area contributed by atoms with Crippen molar-refractivity contribution in [3.05, 3.63) is 0 Å². The van der Waals surface area contributed by atoms with Gasteiger partial charge in [0.25, 0.3) is 0 Å². The van der Waals surface area contributed by atoms with Gasteiger partial charge in [-0.05, 0) is 25.7 Å². The van der Waals surface area contributed by atoms with Crippen molar-refractivity contribution in [1.82, 2.24) is 4.90 Å². The van der Waals surface area contributed by atoms with Crippen LogP contribution in [0.2, 0.25) is 0 Å². The fourth-order valence-corrected chi connectivity index (χ4v) is 2.03. The molecule has 1 aliphatic heterocycles. The number of aliphatic hydroxyl groups is 1. The number of amides is 1. The van der Waals surface area contributed by atoms with E-state index >= 15 is 0 Å². The van der Waals surface area contributed by atoms with E-state index in [4.69, 9.17) is 11.6 Å². The number of carbonyl (C=O) groups is 1. The van der Waals surface area contributed by atoms with Crippen molar-refractivity contribution in [2.75, 3.05) is 19.0 Å². The number of hydrogen-bond donors (Lipinski definition) is 1. The molecule has 1 atom stereocenters. The number of aliphatic hydroxyl groups excluding tert-OH is 1. The minimum Gasteiger partial charge on any atom is -0.393 e. The van der Waals surface area contributed by atoms with E-state index in [-0.39, 0.29) is 12.0 Å². The number of alkyl halides is 1. The summed E-state index contributed by atoms with van der Waals surface area (Å²) in [6.45, 7) is 3.36. The Bertz CT molecular complexity index is 189. The normalized spacial score (nSPS) is 20.9. The van der Waals surface area contributed by atoms with E-state index in [1.165, 1.54) is 0 Å². The van der Waals surface area contributed by atoms with E-state index < -0.39 is 0 Å². The number of hydrogen-bond acceptors (Lipinski definition) is 2. The largest absolute Gasteiger partial charge is 0.393 e. The molecule has 1 fully saturated rings. The summed E-state index contributed by atoms with van der Waals surface area (Å²) in [4.78, 5) is 13.3. The Morgan fingerprint density at radius 2 is 2.14 bits per heavy atom. The SMILES string of the molecule is CC(O)C1CCN(C(=O)CCCl)CC1. The smallest absolute Gasteiger partial charge is 0.223 e. The first-order valence-electron chi connectivity index (χ1n) is 5.17. The van der Waals surface area contributed by atoms with Crippen molar-refractivity contribution in [2.45, 2.75) is 32.3 Å². The molecule has 82 valence electrons. The van der Waals surface area contributed by atoms with Gasteiger partial charge < -0.3 is 10.0 Å². The Hall–Kier alpha value is -0.280. The maximum absolute atomic E-state index is 11.5. The molecule has 0 radical (unpaired) electrons. The summed E-state index contributed by atoms with van der Waals surface area (Å²) in [6.07, 6.45) is 2.00. The second-order valence-electron chi connectivity index (χ2n) is 3.90. The summed E-state index contributed by atoms with van der Waals surface area (Å²) in [7, 11) is 0. The third-order valence-electron chi connectivity index (χ3n) is 2.88. The van der Waals surface area contributed by atoms with Crippen LogP contribution in [0.5, 0.6) is 0 Å². The summed E-state index contributed by atoms with van der Waals surface area (Å²) < 4.78 is 0. The van der Waals surface area contributed by atoms with Gasteiger partial charge in [-0.2, -0.15) is 0 Å². The highest BCUT2D eigenvalue weighted by Crippen LogP contribution is 2.20. The molecule has 14 heavy (non-hydrogen) atoms. The minimum atomic E-state index is -0.250. The lowest BCUT2D eigenvalue weighted by atomic mass is 9.92. The van der Waals surface area contributed by atoms with Crippen LogP contribution in [0, 0.1) is 5.92 Å². The molecule has 1 N–H and O–H groups in total. The second-order valence-corrected chi connectivity index (χ2v) is 4.28. The summed E-state index contributed by atoms with van der Waals surface area (Å²) in [5.74, 6) is 0.897. The molecule has 1 unspecified atom stereocenters. The van der Waals surface area contributed by atoms with Gasteiger partial charge in [0, 0.05) is 25.4 Å². The number of halogens is 1. The first-order chi connectivity index (χ1) is 6.65. The van der Waals surface area contributed by atoms with Crippen molar-refractivity contribution < 1.29 is 9.90 Å². The van der Waals surface area contributed by atoms with Gasteiger partial charge in [0.1, 0.15) is 0 Å². The zero-order valence-corrected chi connectivity index (χ0v) is 9.33. The van der Waals surface area contributed by atoms with E-state index in [0.29, 0.717) is 18.2 Å². The summed E-state index contributed by atoms with van der Waals surface area (Å²) in [5.41, 5.74) is 0. The topological polar surface area (TPSA) is 40.5 Å². The molecular formula is C10H18ClNO2. The monoisotopic (exact) mass is 219 g/mol. The Kier molecular flexibility index (Phi) is 4.69. The number of carbonyl (C=O) groups excluding carboxylic acids is 1. The van der Waals surface area contributed by atoms with E-state index in [2.05, 4.69) is 0 Å². The Balaban J connectivity index is 2.31. The minimum absolute atomic E-state index is 0.143. The Labute approximate surface area is 90.0 Å². The molecule has 0 aromatic rings. The predicted molar refractivity (Wildman–Crippen MR) is 56.3 cm³/mol. The zero-order valence-electron chi connectivity index (χ0n) is 8.58. The van der Waals surface area contributed by atoms with Gasteiger partial charge in [0.05, 0.1) is 6.10 Å². The fraction of sp³-hybridized carbons (Fsp3) is 0.900. The Morgan fingerprint density at radius 3 is 2.57 bits per heavy atom. The molecule has 1 aliphatic rings. The van der Waals surface area contributed by atoms with Crippen LogP contribution in [0.1, 0.15) is 26.2 Å². The maximum Gasteiger partial charge on any atom is 0.223 e. The average molecular weight is 220 g/mol. The van der Waals surface area contributed by atoms with E-state index in [0.717, 1.165) is 25.9 Å². The van der Waals surface area contributed by atoms with Crippen LogP contribution < -0.4 is 0 Å². The lowest BCUT2D eigenvalue weighted by molar-refractivity contribution is -0.132. The molecule has 4 heteroatoms. The van der Waals surface area contributed by atoms with Crippen LogP contribution in [0.3, 0.4) is 0 Å². The quantitative estimate of drug-likeness (QED) is 0.726. The number of nitrogens with zero attached hydrogens (tertiary/aromatic N) is 1. The molecule has 0 aliphatic carbocycles. The Morgan fingerprint density at radius 1 is 1.57 bits per heavy atom. The molecule has 0 aromatic carbocycles. The molecule has 0 aromatic heterocycles. The van der Waals surface area contributed by atoms with Gasteiger partial charge in [-0.15, -0.1) is 11.6 Å². The molecule has 1 saturated heterocycles. The number of rotatable bonds is 3. The molecule has 1 rings (SSSR count). The summed E-state index contributed by atoms with van der Waals surface area (Å²) in [5, 5.41) is 9.38.